The number of carbonyl (C=O) groups is 1. The van der Waals surface area contributed by atoms with E-state index in [0.29, 0.717) is 5.75 Å². The molecule has 0 unspecified atom stereocenters. The lowest BCUT2D eigenvalue weighted by atomic mass is 9.76. The Morgan fingerprint density at radius 2 is 1.34 bits per heavy atom. The fraction of sp³-hybridized carbons (Fsp3) is 0.500. The predicted octanol–water partition coefficient (Wildman–Crippen LogP) is 11.5. The van der Waals surface area contributed by atoms with E-state index in [1.54, 1.807) is 24.3 Å². The average Bonchev–Trinajstić information content (AvgIpc) is 3.00. The third-order valence-corrected chi connectivity index (χ3v) is 8.91. The maximum Gasteiger partial charge on any atom is 0.343 e. The Bertz CT molecular complexity index is 1190. The smallest absolute Gasteiger partial charge is 0.343 e. The molecule has 2 nitrogen and oxygen atoms in total. The molecule has 0 amide bonds. The van der Waals surface area contributed by atoms with Crippen LogP contribution >= 0.6 is 0 Å². The maximum atomic E-state index is 15.1. The van der Waals surface area contributed by atoms with Crippen molar-refractivity contribution in [3.8, 4) is 16.9 Å². The van der Waals surface area contributed by atoms with Crippen LogP contribution in [0.2, 0.25) is 0 Å². The standard InChI is InChI=1S/C38H49FO2/c1-3-5-7-9-11-13-30-16-20-33(21-17-30)36-27-24-34(28-37(36)39)38(40)41-35-25-22-32(23-26-35)31-18-14-29(15-19-31)12-10-8-6-4-2/h14-15,18-19,22-28,30,33H,3-13,16-17,20-21H2,1-2H3. The summed E-state index contributed by atoms with van der Waals surface area (Å²) in [6, 6.07) is 21.1. The van der Waals surface area contributed by atoms with Crippen molar-refractivity contribution in [2.75, 3.05) is 0 Å². The molecule has 1 aliphatic rings. The van der Waals surface area contributed by atoms with Crippen LogP contribution in [0, 0.1) is 11.7 Å². The van der Waals surface area contributed by atoms with E-state index in [2.05, 4.69) is 38.1 Å². The van der Waals surface area contributed by atoms with Crippen molar-refractivity contribution in [3.05, 3.63) is 89.2 Å². The Labute approximate surface area is 247 Å². The fourth-order valence-corrected chi connectivity index (χ4v) is 6.29. The van der Waals surface area contributed by atoms with Gasteiger partial charge in [0.25, 0.3) is 0 Å². The summed E-state index contributed by atoms with van der Waals surface area (Å²) in [4.78, 5) is 12.8. The van der Waals surface area contributed by atoms with E-state index in [1.807, 2.05) is 12.1 Å². The average molecular weight is 557 g/mol. The normalized spacial score (nSPS) is 17.0. The molecule has 220 valence electrons. The quantitative estimate of drug-likeness (QED) is 0.106. The van der Waals surface area contributed by atoms with Crippen molar-refractivity contribution in [2.24, 2.45) is 5.92 Å². The molecule has 0 spiro atoms. The zero-order valence-electron chi connectivity index (χ0n) is 25.3. The first kappa shape index (κ1) is 31.0. The van der Waals surface area contributed by atoms with Crippen LogP contribution in [-0.4, -0.2) is 5.97 Å². The number of rotatable bonds is 15. The number of aryl methyl sites for hydroxylation is 1. The van der Waals surface area contributed by atoms with Gasteiger partial charge in [-0.3, -0.25) is 0 Å². The van der Waals surface area contributed by atoms with Gasteiger partial charge < -0.3 is 4.74 Å². The number of unbranched alkanes of at least 4 members (excludes halogenated alkanes) is 7. The van der Waals surface area contributed by atoms with Gasteiger partial charge in [-0.15, -0.1) is 0 Å². The molecule has 0 heterocycles. The van der Waals surface area contributed by atoms with Gasteiger partial charge in [-0.2, -0.15) is 0 Å². The third-order valence-electron chi connectivity index (χ3n) is 8.91. The van der Waals surface area contributed by atoms with Crippen LogP contribution in [0.3, 0.4) is 0 Å². The molecule has 41 heavy (non-hydrogen) atoms. The number of benzene rings is 3. The number of carbonyl (C=O) groups excluding carboxylic acids is 1. The molecule has 0 aliphatic heterocycles. The van der Waals surface area contributed by atoms with Crippen LogP contribution in [0.25, 0.3) is 11.1 Å². The van der Waals surface area contributed by atoms with E-state index in [1.165, 1.54) is 88.7 Å². The van der Waals surface area contributed by atoms with Crippen molar-refractivity contribution in [3.63, 3.8) is 0 Å². The van der Waals surface area contributed by atoms with Crippen molar-refractivity contribution >= 4 is 5.97 Å². The second-order valence-corrected chi connectivity index (χ2v) is 12.1. The summed E-state index contributed by atoms with van der Waals surface area (Å²) in [5.74, 6) is 0.688. The van der Waals surface area contributed by atoms with E-state index in [0.717, 1.165) is 41.9 Å². The Morgan fingerprint density at radius 3 is 1.98 bits per heavy atom. The molecule has 0 aromatic heterocycles. The molecule has 3 aromatic rings. The molecular formula is C38H49FO2. The van der Waals surface area contributed by atoms with E-state index in [-0.39, 0.29) is 17.3 Å². The Morgan fingerprint density at radius 1 is 0.732 bits per heavy atom. The summed E-state index contributed by atoms with van der Waals surface area (Å²) < 4.78 is 20.7. The number of ether oxygens (including phenoxy) is 1. The molecule has 4 rings (SSSR count). The third kappa shape index (κ3) is 9.55. The molecule has 1 saturated carbocycles. The molecular weight excluding hydrogens is 507 g/mol. The number of hydrogen-bond donors (Lipinski definition) is 0. The van der Waals surface area contributed by atoms with Gasteiger partial charge in [-0.25, -0.2) is 9.18 Å². The Balaban J connectivity index is 1.26. The molecule has 1 fully saturated rings. The van der Waals surface area contributed by atoms with E-state index in [9.17, 15) is 4.79 Å². The van der Waals surface area contributed by atoms with Gasteiger partial charge in [0.05, 0.1) is 5.56 Å². The van der Waals surface area contributed by atoms with E-state index in [4.69, 9.17) is 4.74 Å². The van der Waals surface area contributed by atoms with E-state index >= 15 is 4.39 Å². The number of hydrogen-bond acceptors (Lipinski definition) is 2. The van der Waals surface area contributed by atoms with Gasteiger partial charge >= 0.3 is 5.97 Å². The minimum atomic E-state index is -0.526. The van der Waals surface area contributed by atoms with E-state index < -0.39 is 5.97 Å². The summed E-state index contributed by atoms with van der Waals surface area (Å²) in [5.41, 5.74) is 4.59. The van der Waals surface area contributed by atoms with Crippen molar-refractivity contribution < 1.29 is 13.9 Å². The predicted molar refractivity (Wildman–Crippen MR) is 169 cm³/mol. The van der Waals surface area contributed by atoms with Gasteiger partial charge in [0, 0.05) is 0 Å². The molecule has 1 aliphatic carbocycles. The first-order valence-electron chi connectivity index (χ1n) is 16.3. The molecule has 3 aromatic carbocycles. The Hall–Kier alpha value is -2.94. The molecule has 0 bridgehead atoms. The monoisotopic (exact) mass is 556 g/mol. The molecule has 3 heteroatoms. The fourth-order valence-electron chi connectivity index (χ4n) is 6.29. The van der Waals surface area contributed by atoms with Crippen LogP contribution in [0.1, 0.15) is 131 Å². The molecule has 0 atom stereocenters. The number of esters is 1. The molecule has 0 N–H and O–H groups in total. The molecule has 0 saturated heterocycles. The minimum absolute atomic E-state index is 0.249. The highest BCUT2D eigenvalue weighted by Crippen LogP contribution is 2.39. The maximum absolute atomic E-state index is 15.1. The van der Waals surface area contributed by atoms with Gasteiger partial charge in [-0.05, 0) is 96.9 Å². The van der Waals surface area contributed by atoms with Crippen molar-refractivity contribution in [1.82, 2.24) is 0 Å². The van der Waals surface area contributed by atoms with Crippen LogP contribution in [-0.2, 0) is 6.42 Å². The second-order valence-electron chi connectivity index (χ2n) is 12.1. The molecule has 0 radical (unpaired) electrons. The highest BCUT2D eigenvalue weighted by atomic mass is 19.1. The lowest BCUT2D eigenvalue weighted by Crippen LogP contribution is -2.15. The van der Waals surface area contributed by atoms with Crippen molar-refractivity contribution in [2.45, 2.75) is 116 Å². The highest BCUT2D eigenvalue weighted by molar-refractivity contribution is 5.91. The zero-order valence-corrected chi connectivity index (χ0v) is 25.3. The summed E-state index contributed by atoms with van der Waals surface area (Å²) >= 11 is 0. The topological polar surface area (TPSA) is 26.3 Å². The SMILES string of the molecule is CCCCCCCC1CCC(c2ccc(C(=O)Oc3ccc(-c4ccc(CCCCCC)cc4)cc3)cc2F)CC1. The van der Waals surface area contributed by atoms with Crippen LogP contribution in [0.15, 0.2) is 66.7 Å². The van der Waals surface area contributed by atoms with Crippen LogP contribution in [0.5, 0.6) is 5.75 Å². The summed E-state index contributed by atoms with van der Waals surface area (Å²) in [6.07, 6.45) is 18.6. The van der Waals surface area contributed by atoms with Gasteiger partial charge in [0.2, 0.25) is 0 Å². The highest BCUT2D eigenvalue weighted by Gasteiger charge is 2.25. The van der Waals surface area contributed by atoms with Gasteiger partial charge in [0.15, 0.2) is 0 Å². The van der Waals surface area contributed by atoms with Crippen LogP contribution in [0.4, 0.5) is 4.39 Å². The number of halogens is 1. The van der Waals surface area contributed by atoms with Crippen molar-refractivity contribution in [1.29, 1.82) is 0 Å². The van der Waals surface area contributed by atoms with Crippen LogP contribution < -0.4 is 4.74 Å². The lowest BCUT2D eigenvalue weighted by Gasteiger charge is -2.29. The van der Waals surface area contributed by atoms with Gasteiger partial charge in [0.1, 0.15) is 11.6 Å². The summed E-state index contributed by atoms with van der Waals surface area (Å²) in [7, 11) is 0. The zero-order chi connectivity index (χ0) is 28.9. The largest absolute Gasteiger partial charge is 0.423 e. The minimum Gasteiger partial charge on any atom is -0.423 e. The second kappa shape index (κ2) is 16.5. The summed E-state index contributed by atoms with van der Waals surface area (Å²) in [6.45, 7) is 4.49. The first-order valence-corrected chi connectivity index (χ1v) is 16.3. The summed E-state index contributed by atoms with van der Waals surface area (Å²) in [5, 5.41) is 0. The van der Waals surface area contributed by atoms with Gasteiger partial charge in [-0.1, -0.05) is 114 Å². The lowest BCUT2D eigenvalue weighted by molar-refractivity contribution is 0.0734. The first-order chi connectivity index (χ1) is 20.1. The Kier molecular flexibility index (Phi) is 12.5.